The first kappa shape index (κ1) is 24.9. The quantitative estimate of drug-likeness (QED) is 0.610. The van der Waals surface area contributed by atoms with E-state index in [0.717, 1.165) is 51.9 Å². The molecule has 2 aliphatic heterocycles. The van der Waals surface area contributed by atoms with E-state index in [9.17, 15) is 15.0 Å². The van der Waals surface area contributed by atoms with Gasteiger partial charge in [-0.3, -0.25) is 9.69 Å². The van der Waals surface area contributed by atoms with E-state index in [2.05, 4.69) is 4.90 Å². The monoisotopic (exact) mass is 478 g/mol. The van der Waals surface area contributed by atoms with Gasteiger partial charge in [0.15, 0.2) is 0 Å². The molecule has 2 N–H and O–H groups in total. The number of rotatable bonds is 6. The molecule has 0 radical (unpaired) electrons. The molecular formula is C27H46N2O5. The third kappa shape index (κ3) is 5.97. The molecule has 7 unspecified atom stereocenters. The third-order valence-electron chi connectivity index (χ3n) is 9.48. The van der Waals surface area contributed by atoms with Crippen LogP contribution in [-0.2, 0) is 14.3 Å². The minimum absolute atomic E-state index is 0.0622. The molecule has 0 bridgehead atoms. The highest BCUT2D eigenvalue weighted by Gasteiger charge is 2.47. The molecule has 34 heavy (non-hydrogen) atoms. The van der Waals surface area contributed by atoms with Crippen LogP contribution in [0.2, 0.25) is 0 Å². The molecule has 0 aromatic rings. The van der Waals surface area contributed by atoms with E-state index in [4.69, 9.17) is 9.47 Å². The maximum Gasteiger partial charge on any atom is 0.230 e. The second-order valence-corrected chi connectivity index (χ2v) is 11.9. The third-order valence-corrected chi connectivity index (χ3v) is 9.48. The number of fused-ring (bicyclic) bond motifs is 1. The molecule has 2 heterocycles. The number of likely N-dealkylation sites (tertiary alicyclic amines) is 1. The Morgan fingerprint density at radius 2 is 1.65 bits per heavy atom. The summed E-state index contributed by atoms with van der Waals surface area (Å²) in [6.07, 6.45) is 8.85. The number of aliphatic hydroxyl groups excluding tert-OH is 2. The van der Waals surface area contributed by atoms with Gasteiger partial charge < -0.3 is 24.6 Å². The molecule has 1 amide bonds. The van der Waals surface area contributed by atoms with Crippen LogP contribution in [0.15, 0.2) is 0 Å². The van der Waals surface area contributed by atoms with E-state index in [0.29, 0.717) is 30.8 Å². The lowest BCUT2D eigenvalue weighted by Crippen LogP contribution is -2.52. The van der Waals surface area contributed by atoms with E-state index in [1.807, 2.05) is 4.90 Å². The summed E-state index contributed by atoms with van der Waals surface area (Å²) >= 11 is 0. The fourth-order valence-electron chi connectivity index (χ4n) is 7.53. The predicted octanol–water partition coefficient (Wildman–Crippen LogP) is 2.29. The van der Waals surface area contributed by atoms with Crippen molar-refractivity contribution < 1.29 is 24.5 Å². The Labute approximate surface area is 205 Å². The molecule has 5 fully saturated rings. The Hall–Kier alpha value is -0.730. The van der Waals surface area contributed by atoms with Gasteiger partial charge in [-0.1, -0.05) is 19.3 Å². The van der Waals surface area contributed by atoms with E-state index in [1.54, 1.807) is 0 Å². The topological polar surface area (TPSA) is 82.5 Å². The summed E-state index contributed by atoms with van der Waals surface area (Å²) in [5.41, 5.74) is 0. The van der Waals surface area contributed by atoms with Crippen molar-refractivity contribution in [2.45, 2.75) is 82.5 Å². The Kier molecular flexibility index (Phi) is 8.47. The molecule has 7 heteroatoms. The number of aliphatic hydroxyl groups is 2. The second-order valence-electron chi connectivity index (χ2n) is 11.9. The van der Waals surface area contributed by atoms with Crippen molar-refractivity contribution in [2.75, 3.05) is 52.5 Å². The zero-order chi connectivity index (χ0) is 23.5. The van der Waals surface area contributed by atoms with Crippen molar-refractivity contribution in [1.82, 2.24) is 9.80 Å². The molecule has 3 aliphatic carbocycles. The Morgan fingerprint density at radius 1 is 0.882 bits per heavy atom. The van der Waals surface area contributed by atoms with Crippen molar-refractivity contribution >= 4 is 5.91 Å². The van der Waals surface area contributed by atoms with E-state index in [1.165, 1.54) is 51.4 Å². The molecule has 3 saturated carbocycles. The van der Waals surface area contributed by atoms with Crippen molar-refractivity contribution in [2.24, 2.45) is 29.6 Å². The van der Waals surface area contributed by atoms with E-state index in [-0.39, 0.29) is 18.4 Å². The summed E-state index contributed by atoms with van der Waals surface area (Å²) in [5.74, 6) is 1.98. The van der Waals surface area contributed by atoms with Gasteiger partial charge in [-0.2, -0.15) is 0 Å². The summed E-state index contributed by atoms with van der Waals surface area (Å²) in [6.45, 7) is 7.26. The molecule has 5 aliphatic rings. The van der Waals surface area contributed by atoms with Gasteiger partial charge in [0.05, 0.1) is 37.4 Å². The Morgan fingerprint density at radius 3 is 2.44 bits per heavy atom. The first-order valence-corrected chi connectivity index (χ1v) is 14.1. The molecule has 194 valence electrons. The van der Waals surface area contributed by atoms with Crippen molar-refractivity contribution in [3.05, 3.63) is 0 Å². The van der Waals surface area contributed by atoms with Crippen LogP contribution < -0.4 is 0 Å². The van der Waals surface area contributed by atoms with Crippen LogP contribution in [-0.4, -0.2) is 96.8 Å². The maximum atomic E-state index is 13.7. The van der Waals surface area contributed by atoms with Gasteiger partial charge in [0.1, 0.15) is 0 Å². The molecule has 5 rings (SSSR count). The molecule has 7 atom stereocenters. The second kappa shape index (κ2) is 11.5. The first-order chi connectivity index (χ1) is 16.6. The number of hydrogen-bond donors (Lipinski definition) is 2. The normalized spacial score (nSPS) is 40.3. The van der Waals surface area contributed by atoms with Gasteiger partial charge in [-0.05, 0) is 55.8 Å². The van der Waals surface area contributed by atoms with Crippen LogP contribution >= 0.6 is 0 Å². The van der Waals surface area contributed by atoms with Crippen LogP contribution in [0.25, 0.3) is 0 Å². The van der Waals surface area contributed by atoms with Gasteiger partial charge in [-0.15, -0.1) is 0 Å². The average molecular weight is 479 g/mol. The van der Waals surface area contributed by atoms with Crippen LogP contribution in [0.3, 0.4) is 0 Å². The minimum atomic E-state index is -0.815. The summed E-state index contributed by atoms with van der Waals surface area (Å²) in [4.78, 5) is 18.3. The minimum Gasteiger partial charge on any atom is -0.393 e. The predicted molar refractivity (Wildman–Crippen MR) is 129 cm³/mol. The highest BCUT2D eigenvalue weighted by molar-refractivity contribution is 5.80. The number of carbonyl (C=O) groups excluding carboxylic acids is 1. The summed E-state index contributed by atoms with van der Waals surface area (Å²) < 4.78 is 11.8. The number of morpholine rings is 1. The summed E-state index contributed by atoms with van der Waals surface area (Å²) in [5, 5.41) is 21.2. The number of hydrogen-bond acceptors (Lipinski definition) is 6. The van der Waals surface area contributed by atoms with E-state index >= 15 is 0 Å². The molecule has 7 nitrogen and oxygen atoms in total. The SMILES string of the molecule is O=C(C1C(O)CC(O)CC1OCC1CCCCC1)N1CC2CCC(CN3CCOCC3)CC2C1. The fraction of sp³-hybridized carbons (Fsp3) is 0.963. The smallest absolute Gasteiger partial charge is 0.230 e. The first-order valence-electron chi connectivity index (χ1n) is 14.1. The zero-order valence-corrected chi connectivity index (χ0v) is 20.9. The van der Waals surface area contributed by atoms with Gasteiger partial charge in [0, 0.05) is 52.2 Å². The van der Waals surface area contributed by atoms with Crippen molar-refractivity contribution in [3.8, 4) is 0 Å². The molecule has 0 aromatic carbocycles. The van der Waals surface area contributed by atoms with Crippen molar-refractivity contribution in [3.63, 3.8) is 0 Å². The van der Waals surface area contributed by atoms with Crippen LogP contribution in [0.5, 0.6) is 0 Å². The summed E-state index contributed by atoms with van der Waals surface area (Å²) in [6, 6.07) is 0. The standard InChI is InChI=1S/C27H46N2O5/c30-23-13-24(31)26(25(14-23)34-18-19-4-2-1-3-5-19)27(32)29-16-21-7-6-20(12-22(21)17-29)15-28-8-10-33-11-9-28/h19-26,30-31H,1-18H2. The van der Waals surface area contributed by atoms with Gasteiger partial charge in [0.25, 0.3) is 0 Å². The maximum absolute atomic E-state index is 13.7. The van der Waals surface area contributed by atoms with Crippen LogP contribution in [0.4, 0.5) is 0 Å². The highest BCUT2D eigenvalue weighted by atomic mass is 16.5. The number of ether oxygens (including phenoxy) is 2. The van der Waals surface area contributed by atoms with Gasteiger partial charge >= 0.3 is 0 Å². The average Bonchev–Trinajstić information content (AvgIpc) is 3.27. The lowest BCUT2D eigenvalue weighted by Gasteiger charge is -2.39. The molecule has 2 saturated heterocycles. The number of carbonyl (C=O) groups is 1. The largest absolute Gasteiger partial charge is 0.393 e. The lowest BCUT2D eigenvalue weighted by molar-refractivity contribution is -0.158. The van der Waals surface area contributed by atoms with Gasteiger partial charge in [0.2, 0.25) is 5.91 Å². The van der Waals surface area contributed by atoms with Crippen LogP contribution in [0, 0.1) is 29.6 Å². The number of nitrogens with zero attached hydrogens (tertiary/aromatic N) is 2. The zero-order valence-electron chi connectivity index (χ0n) is 20.9. The Balaban J connectivity index is 1.17. The van der Waals surface area contributed by atoms with E-state index < -0.39 is 18.1 Å². The van der Waals surface area contributed by atoms with Crippen LogP contribution in [0.1, 0.15) is 64.2 Å². The highest BCUT2D eigenvalue weighted by Crippen LogP contribution is 2.41. The van der Waals surface area contributed by atoms with Crippen molar-refractivity contribution in [1.29, 1.82) is 0 Å². The molecule has 0 aromatic heterocycles. The van der Waals surface area contributed by atoms with Gasteiger partial charge in [-0.25, -0.2) is 0 Å². The number of amides is 1. The molecular weight excluding hydrogens is 432 g/mol. The molecule has 0 spiro atoms. The Bertz CT molecular complexity index is 665. The fourth-order valence-corrected chi connectivity index (χ4v) is 7.53. The lowest BCUT2D eigenvalue weighted by atomic mass is 9.76. The summed E-state index contributed by atoms with van der Waals surface area (Å²) in [7, 11) is 0.